The van der Waals surface area contributed by atoms with Gasteiger partial charge in [-0.2, -0.15) is 14.0 Å². The van der Waals surface area contributed by atoms with Gasteiger partial charge in [0.05, 0.1) is 6.61 Å². The number of amides is 1. The SMILES string of the molecule is CCOc1cc(C=C(C#N)C(=O)NCCCOC)ccc1OC(F)F. The van der Waals surface area contributed by atoms with Crippen LogP contribution in [0.4, 0.5) is 8.78 Å². The average Bonchev–Trinajstić information content (AvgIpc) is 2.58. The summed E-state index contributed by atoms with van der Waals surface area (Å²) in [6.45, 7) is -0.166. The second-order valence-electron chi connectivity index (χ2n) is 4.79. The van der Waals surface area contributed by atoms with Gasteiger partial charge < -0.3 is 19.5 Å². The number of ether oxygens (including phenoxy) is 3. The summed E-state index contributed by atoms with van der Waals surface area (Å²) in [6, 6.07) is 6.00. The second-order valence-corrected chi connectivity index (χ2v) is 4.79. The first-order valence-corrected chi connectivity index (χ1v) is 7.62. The first kappa shape index (κ1) is 20.4. The minimum atomic E-state index is -2.98. The lowest BCUT2D eigenvalue weighted by Crippen LogP contribution is -2.26. The van der Waals surface area contributed by atoms with E-state index in [1.165, 1.54) is 24.3 Å². The Labute approximate surface area is 145 Å². The molecule has 0 atom stereocenters. The highest BCUT2D eigenvalue weighted by atomic mass is 19.3. The summed E-state index contributed by atoms with van der Waals surface area (Å²) in [7, 11) is 1.56. The van der Waals surface area contributed by atoms with Crippen molar-refractivity contribution in [2.24, 2.45) is 0 Å². The molecule has 0 radical (unpaired) electrons. The monoisotopic (exact) mass is 354 g/mol. The molecule has 0 saturated heterocycles. The fourth-order valence-electron chi connectivity index (χ4n) is 1.90. The topological polar surface area (TPSA) is 80.6 Å². The van der Waals surface area contributed by atoms with Crippen molar-refractivity contribution in [2.45, 2.75) is 20.0 Å². The molecule has 0 fully saturated rings. The number of alkyl halides is 2. The first-order chi connectivity index (χ1) is 12.0. The largest absolute Gasteiger partial charge is 0.490 e. The molecule has 0 unspecified atom stereocenters. The zero-order valence-corrected chi connectivity index (χ0v) is 14.1. The summed E-state index contributed by atoms with van der Waals surface area (Å²) >= 11 is 0. The van der Waals surface area contributed by atoms with Crippen LogP contribution in [0.5, 0.6) is 11.5 Å². The van der Waals surface area contributed by atoms with Crippen LogP contribution < -0.4 is 14.8 Å². The van der Waals surface area contributed by atoms with Crippen LogP contribution in [-0.2, 0) is 9.53 Å². The lowest BCUT2D eigenvalue weighted by Gasteiger charge is -2.12. The highest BCUT2D eigenvalue weighted by Gasteiger charge is 2.13. The van der Waals surface area contributed by atoms with Crippen LogP contribution in [0.25, 0.3) is 6.08 Å². The molecule has 0 aliphatic heterocycles. The van der Waals surface area contributed by atoms with E-state index in [0.29, 0.717) is 25.1 Å². The number of hydrogen-bond donors (Lipinski definition) is 1. The molecule has 0 saturated carbocycles. The summed E-state index contributed by atoms with van der Waals surface area (Å²) < 4.78 is 39.3. The van der Waals surface area contributed by atoms with E-state index in [4.69, 9.17) is 14.7 Å². The highest BCUT2D eigenvalue weighted by molar-refractivity contribution is 6.01. The van der Waals surface area contributed by atoms with Crippen LogP contribution in [0.3, 0.4) is 0 Å². The number of benzene rings is 1. The molecule has 1 aromatic carbocycles. The molecule has 1 aromatic rings. The van der Waals surface area contributed by atoms with Crippen LogP contribution in [-0.4, -0.2) is 39.4 Å². The van der Waals surface area contributed by atoms with Crippen molar-refractivity contribution in [2.75, 3.05) is 26.9 Å². The Hall–Kier alpha value is -2.66. The summed E-state index contributed by atoms with van der Waals surface area (Å²) in [5, 5.41) is 11.7. The summed E-state index contributed by atoms with van der Waals surface area (Å²) in [6.07, 6.45) is 1.97. The van der Waals surface area contributed by atoms with Gasteiger partial charge in [-0.05, 0) is 37.1 Å². The lowest BCUT2D eigenvalue weighted by molar-refractivity contribution is -0.117. The molecule has 0 bridgehead atoms. The maximum absolute atomic E-state index is 12.4. The Morgan fingerprint density at radius 3 is 2.76 bits per heavy atom. The number of nitrogens with one attached hydrogen (secondary N) is 1. The predicted molar refractivity (Wildman–Crippen MR) is 87.3 cm³/mol. The fraction of sp³-hybridized carbons (Fsp3) is 0.412. The third-order valence-corrected chi connectivity index (χ3v) is 2.97. The van der Waals surface area contributed by atoms with Crippen LogP contribution in [0, 0.1) is 11.3 Å². The standard InChI is InChI=1S/C17H20F2N2O4/c1-3-24-15-10-12(5-6-14(15)25-17(18)19)9-13(11-20)16(22)21-7-4-8-23-2/h5-6,9-10,17H,3-4,7-8H2,1-2H3,(H,21,22). The maximum Gasteiger partial charge on any atom is 0.387 e. The molecule has 6 nitrogen and oxygen atoms in total. The van der Waals surface area contributed by atoms with E-state index in [2.05, 4.69) is 10.1 Å². The average molecular weight is 354 g/mol. The Bertz CT molecular complexity index is 642. The number of hydrogen-bond acceptors (Lipinski definition) is 5. The van der Waals surface area contributed by atoms with Crippen molar-refractivity contribution in [3.05, 3.63) is 29.3 Å². The van der Waals surface area contributed by atoms with Crippen molar-refractivity contribution < 1.29 is 27.8 Å². The summed E-state index contributed by atoms with van der Waals surface area (Å²) in [5.74, 6) is -0.532. The van der Waals surface area contributed by atoms with Gasteiger partial charge in [0.15, 0.2) is 11.5 Å². The van der Waals surface area contributed by atoms with E-state index in [-0.39, 0.29) is 23.7 Å². The van der Waals surface area contributed by atoms with E-state index in [9.17, 15) is 13.6 Å². The Kier molecular flexibility index (Phi) is 8.96. The first-order valence-electron chi connectivity index (χ1n) is 7.62. The number of carbonyl (C=O) groups is 1. The third-order valence-electron chi connectivity index (χ3n) is 2.97. The van der Waals surface area contributed by atoms with Crippen LogP contribution >= 0.6 is 0 Å². The molecular weight excluding hydrogens is 334 g/mol. The van der Waals surface area contributed by atoms with Gasteiger partial charge in [0, 0.05) is 20.3 Å². The number of methoxy groups -OCH3 is 1. The Morgan fingerprint density at radius 1 is 1.40 bits per heavy atom. The van der Waals surface area contributed by atoms with Crippen molar-refractivity contribution in [1.29, 1.82) is 5.26 Å². The zero-order chi connectivity index (χ0) is 18.7. The molecule has 0 aliphatic rings. The third kappa shape index (κ3) is 7.18. The molecule has 8 heteroatoms. The van der Waals surface area contributed by atoms with Crippen molar-refractivity contribution in [3.63, 3.8) is 0 Å². The normalized spacial score (nSPS) is 11.1. The van der Waals surface area contributed by atoms with E-state index in [1.807, 2.05) is 6.07 Å². The number of carbonyl (C=O) groups excluding carboxylic acids is 1. The Balaban J connectivity index is 2.93. The number of nitrogens with zero attached hydrogens (tertiary/aromatic N) is 1. The van der Waals surface area contributed by atoms with Crippen molar-refractivity contribution >= 4 is 12.0 Å². The number of nitriles is 1. The molecule has 1 amide bonds. The van der Waals surface area contributed by atoms with Crippen LogP contribution in [0.2, 0.25) is 0 Å². The quantitative estimate of drug-likeness (QED) is 0.397. The van der Waals surface area contributed by atoms with E-state index in [0.717, 1.165) is 0 Å². The van der Waals surface area contributed by atoms with Gasteiger partial charge in [-0.1, -0.05) is 6.07 Å². The molecule has 25 heavy (non-hydrogen) atoms. The number of rotatable bonds is 10. The summed E-state index contributed by atoms with van der Waals surface area (Å²) in [5.41, 5.74) is 0.344. The number of halogens is 2. The lowest BCUT2D eigenvalue weighted by atomic mass is 10.1. The fourth-order valence-corrected chi connectivity index (χ4v) is 1.90. The minimum Gasteiger partial charge on any atom is -0.490 e. The molecular formula is C17H20F2N2O4. The van der Waals surface area contributed by atoms with Gasteiger partial charge in [-0.3, -0.25) is 4.79 Å². The zero-order valence-electron chi connectivity index (χ0n) is 14.1. The van der Waals surface area contributed by atoms with Crippen molar-refractivity contribution in [3.8, 4) is 17.6 Å². The van der Waals surface area contributed by atoms with Gasteiger partial charge in [0.1, 0.15) is 11.6 Å². The minimum absolute atomic E-state index is 0.106. The molecule has 0 spiro atoms. The molecule has 0 heterocycles. The molecule has 1 rings (SSSR count). The molecule has 136 valence electrons. The van der Waals surface area contributed by atoms with Gasteiger partial charge in [0.25, 0.3) is 5.91 Å². The van der Waals surface area contributed by atoms with Crippen LogP contribution in [0.15, 0.2) is 23.8 Å². The highest BCUT2D eigenvalue weighted by Crippen LogP contribution is 2.30. The smallest absolute Gasteiger partial charge is 0.387 e. The molecule has 1 N–H and O–H groups in total. The van der Waals surface area contributed by atoms with Gasteiger partial charge >= 0.3 is 6.61 Å². The predicted octanol–water partition coefficient (Wildman–Crippen LogP) is 2.75. The van der Waals surface area contributed by atoms with Gasteiger partial charge in [-0.15, -0.1) is 0 Å². The second kappa shape index (κ2) is 11.0. The maximum atomic E-state index is 12.4. The molecule has 0 aromatic heterocycles. The van der Waals surface area contributed by atoms with Gasteiger partial charge in [-0.25, -0.2) is 0 Å². The van der Waals surface area contributed by atoms with E-state index in [1.54, 1.807) is 14.0 Å². The van der Waals surface area contributed by atoms with E-state index >= 15 is 0 Å². The van der Waals surface area contributed by atoms with Crippen LogP contribution in [0.1, 0.15) is 18.9 Å². The molecule has 0 aliphatic carbocycles. The van der Waals surface area contributed by atoms with Gasteiger partial charge in [0.2, 0.25) is 0 Å². The summed E-state index contributed by atoms with van der Waals surface area (Å²) in [4.78, 5) is 12.0. The van der Waals surface area contributed by atoms with Crippen molar-refractivity contribution in [1.82, 2.24) is 5.32 Å². The Morgan fingerprint density at radius 2 is 2.16 bits per heavy atom. The van der Waals surface area contributed by atoms with E-state index < -0.39 is 12.5 Å².